The van der Waals surface area contributed by atoms with Crippen LogP contribution in [0.15, 0.2) is 0 Å². The highest BCUT2D eigenvalue weighted by Gasteiger charge is 2.33. The highest BCUT2D eigenvalue weighted by atomic mass is 35.5. The van der Waals surface area contributed by atoms with Gasteiger partial charge in [-0.2, -0.15) is 0 Å². The van der Waals surface area contributed by atoms with E-state index in [0.717, 1.165) is 19.3 Å². The largest absolute Gasteiger partial charge is 0.481 e. The van der Waals surface area contributed by atoms with Crippen LogP contribution in [0.25, 0.3) is 0 Å². The van der Waals surface area contributed by atoms with Crippen molar-refractivity contribution in [3.05, 3.63) is 0 Å². The molecule has 1 aliphatic rings. The number of hydrogen-bond donors (Lipinski definition) is 1. The summed E-state index contributed by atoms with van der Waals surface area (Å²) in [4.78, 5) is 21.3. The van der Waals surface area contributed by atoms with Crippen molar-refractivity contribution in [3.8, 4) is 0 Å². The molecule has 5 heteroatoms. The number of hydrogen-bond acceptors (Lipinski definition) is 3. The molecule has 0 aromatic carbocycles. The van der Waals surface area contributed by atoms with Gasteiger partial charge in [0.2, 0.25) is 0 Å². The molecular formula is C9H13ClO4. The van der Waals surface area contributed by atoms with Crippen molar-refractivity contribution in [2.24, 2.45) is 0 Å². The third-order valence-corrected chi connectivity index (χ3v) is 2.65. The van der Waals surface area contributed by atoms with Gasteiger partial charge in [0.25, 0.3) is 0 Å². The van der Waals surface area contributed by atoms with Crippen LogP contribution in [-0.4, -0.2) is 22.1 Å². The summed E-state index contributed by atoms with van der Waals surface area (Å²) in [5, 5.41) is 7.40. The van der Waals surface area contributed by atoms with E-state index < -0.39 is 23.4 Å². The second kappa shape index (κ2) is 4.64. The first kappa shape index (κ1) is 11.3. The molecule has 1 aliphatic carbocycles. The summed E-state index contributed by atoms with van der Waals surface area (Å²) in [5.74, 6) is -1.94. The van der Waals surface area contributed by atoms with Gasteiger partial charge in [-0.05, 0) is 12.8 Å². The van der Waals surface area contributed by atoms with Crippen LogP contribution in [0.5, 0.6) is 0 Å². The number of alkyl halides is 1. The van der Waals surface area contributed by atoms with Gasteiger partial charge in [0, 0.05) is 12.8 Å². The van der Waals surface area contributed by atoms with Crippen molar-refractivity contribution in [1.29, 1.82) is 0 Å². The summed E-state index contributed by atoms with van der Waals surface area (Å²) in [5.41, 5.74) is 0. The molecule has 0 spiro atoms. The van der Waals surface area contributed by atoms with Gasteiger partial charge in [0.15, 0.2) is 5.06 Å². The Morgan fingerprint density at radius 2 is 1.86 bits per heavy atom. The SMILES string of the molecule is O=C(O)CC(=O)OC1(Cl)CCCCC1. The molecule has 14 heavy (non-hydrogen) atoms. The molecular weight excluding hydrogens is 208 g/mol. The lowest BCUT2D eigenvalue weighted by molar-refractivity contribution is -0.159. The average molecular weight is 221 g/mol. The number of halogens is 1. The fourth-order valence-electron chi connectivity index (χ4n) is 1.55. The Balaban J connectivity index is 2.41. The van der Waals surface area contributed by atoms with Crippen LogP contribution in [0.2, 0.25) is 0 Å². The zero-order chi connectivity index (χ0) is 10.6. The van der Waals surface area contributed by atoms with Gasteiger partial charge < -0.3 is 9.84 Å². The summed E-state index contributed by atoms with van der Waals surface area (Å²) in [6.07, 6.45) is 3.53. The van der Waals surface area contributed by atoms with Crippen molar-refractivity contribution < 1.29 is 19.4 Å². The van der Waals surface area contributed by atoms with Gasteiger partial charge in [-0.15, -0.1) is 0 Å². The molecule has 0 amide bonds. The van der Waals surface area contributed by atoms with Gasteiger partial charge in [-0.1, -0.05) is 18.0 Å². The lowest BCUT2D eigenvalue weighted by atomic mass is 9.97. The molecule has 0 bridgehead atoms. The maximum atomic E-state index is 11.0. The molecule has 0 aliphatic heterocycles. The summed E-state index contributed by atoms with van der Waals surface area (Å²) < 4.78 is 4.94. The fourth-order valence-corrected chi connectivity index (χ4v) is 1.90. The number of aliphatic carboxylic acids is 1. The van der Waals surface area contributed by atoms with E-state index in [0.29, 0.717) is 12.8 Å². The molecule has 4 nitrogen and oxygen atoms in total. The number of carbonyl (C=O) groups is 2. The van der Waals surface area contributed by atoms with Gasteiger partial charge in [0.1, 0.15) is 6.42 Å². The van der Waals surface area contributed by atoms with Crippen molar-refractivity contribution >= 4 is 23.5 Å². The Kier molecular flexibility index (Phi) is 3.75. The lowest BCUT2D eigenvalue weighted by Gasteiger charge is -2.30. The van der Waals surface area contributed by atoms with Gasteiger partial charge in [-0.25, -0.2) is 0 Å². The zero-order valence-corrected chi connectivity index (χ0v) is 8.55. The smallest absolute Gasteiger partial charge is 0.318 e. The number of rotatable bonds is 3. The standard InChI is InChI=1S/C9H13ClO4/c10-9(4-2-1-3-5-9)14-8(13)6-7(11)12/h1-6H2,(H,11,12). The number of ether oxygens (including phenoxy) is 1. The van der Waals surface area contributed by atoms with Crippen LogP contribution in [0.3, 0.4) is 0 Å². The lowest BCUT2D eigenvalue weighted by Crippen LogP contribution is -2.32. The number of esters is 1. The molecule has 1 saturated carbocycles. The monoisotopic (exact) mass is 220 g/mol. The second-order valence-electron chi connectivity index (χ2n) is 3.49. The molecule has 0 radical (unpaired) electrons. The van der Waals surface area contributed by atoms with E-state index in [1.165, 1.54) is 0 Å². The molecule has 80 valence electrons. The fraction of sp³-hybridized carbons (Fsp3) is 0.778. The summed E-state index contributed by atoms with van der Waals surface area (Å²) in [6.45, 7) is 0. The van der Waals surface area contributed by atoms with Crippen molar-refractivity contribution in [2.45, 2.75) is 43.6 Å². The molecule has 1 fully saturated rings. The van der Waals surface area contributed by atoms with E-state index in [1.807, 2.05) is 0 Å². The predicted octanol–water partition coefficient (Wildman–Crippen LogP) is 1.90. The number of carboxylic acid groups (broad SMARTS) is 1. The maximum absolute atomic E-state index is 11.0. The first-order valence-electron chi connectivity index (χ1n) is 4.64. The third-order valence-electron chi connectivity index (χ3n) is 2.19. The van der Waals surface area contributed by atoms with E-state index in [-0.39, 0.29) is 0 Å². The van der Waals surface area contributed by atoms with Crippen molar-refractivity contribution in [1.82, 2.24) is 0 Å². The molecule has 0 heterocycles. The van der Waals surface area contributed by atoms with E-state index in [4.69, 9.17) is 21.4 Å². The summed E-state index contributed by atoms with van der Waals surface area (Å²) >= 11 is 6.02. The minimum atomic E-state index is -1.19. The number of carbonyl (C=O) groups excluding carboxylic acids is 1. The Morgan fingerprint density at radius 3 is 2.36 bits per heavy atom. The van der Waals surface area contributed by atoms with Gasteiger partial charge >= 0.3 is 11.9 Å². The molecule has 0 atom stereocenters. The Bertz CT molecular complexity index is 233. The molecule has 1 rings (SSSR count). The molecule has 0 aromatic rings. The van der Waals surface area contributed by atoms with Gasteiger partial charge in [0.05, 0.1) is 0 Å². The number of carboxylic acids is 1. The summed E-state index contributed by atoms with van der Waals surface area (Å²) in [6, 6.07) is 0. The van der Waals surface area contributed by atoms with Crippen LogP contribution in [0, 0.1) is 0 Å². The quantitative estimate of drug-likeness (QED) is 0.448. The van der Waals surface area contributed by atoms with Crippen LogP contribution in [0.1, 0.15) is 38.5 Å². The predicted molar refractivity (Wildman–Crippen MR) is 50.0 cm³/mol. The topological polar surface area (TPSA) is 63.6 Å². The molecule has 0 saturated heterocycles. The first-order chi connectivity index (χ1) is 6.52. The van der Waals surface area contributed by atoms with Crippen molar-refractivity contribution in [3.63, 3.8) is 0 Å². The highest BCUT2D eigenvalue weighted by molar-refractivity contribution is 6.23. The normalized spacial score (nSPS) is 20.1. The first-order valence-corrected chi connectivity index (χ1v) is 5.02. The third kappa shape index (κ3) is 3.54. The Morgan fingerprint density at radius 1 is 1.29 bits per heavy atom. The Labute approximate surface area is 87.2 Å². The minimum Gasteiger partial charge on any atom is -0.481 e. The van der Waals surface area contributed by atoms with Crippen molar-refractivity contribution in [2.75, 3.05) is 0 Å². The molecule has 0 unspecified atom stereocenters. The van der Waals surface area contributed by atoms with Crippen LogP contribution in [-0.2, 0) is 14.3 Å². The second-order valence-corrected chi connectivity index (χ2v) is 4.18. The maximum Gasteiger partial charge on any atom is 0.318 e. The van der Waals surface area contributed by atoms with Crippen LogP contribution in [0.4, 0.5) is 0 Å². The van der Waals surface area contributed by atoms with Gasteiger partial charge in [-0.3, -0.25) is 9.59 Å². The molecule has 0 aromatic heterocycles. The zero-order valence-electron chi connectivity index (χ0n) is 7.79. The van der Waals surface area contributed by atoms with Crippen LogP contribution < -0.4 is 0 Å². The van der Waals surface area contributed by atoms with E-state index in [9.17, 15) is 9.59 Å². The van der Waals surface area contributed by atoms with E-state index >= 15 is 0 Å². The Hall–Kier alpha value is -0.770. The average Bonchev–Trinajstić information content (AvgIpc) is 2.02. The summed E-state index contributed by atoms with van der Waals surface area (Å²) in [7, 11) is 0. The molecule has 1 N–H and O–H groups in total. The highest BCUT2D eigenvalue weighted by Crippen LogP contribution is 2.35. The van der Waals surface area contributed by atoms with E-state index in [2.05, 4.69) is 0 Å². The minimum absolute atomic E-state index is 0.611. The van der Waals surface area contributed by atoms with Crippen LogP contribution >= 0.6 is 11.6 Å². The van der Waals surface area contributed by atoms with E-state index in [1.54, 1.807) is 0 Å².